The molecule has 0 saturated heterocycles. The molecule has 8 heteroatoms. The molecule has 2 N–H and O–H groups in total. The van der Waals surface area contributed by atoms with Gasteiger partial charge in [0, 0.05) is 25.4 Å². The third-order valence-electron chi connectivity index (χ3n) is 4.95. The summed E-state index contributed by atoms with van der Waals surface area (Å²) in [5, 5.41) is 9.75. The molecule has 0 bridgehead atoms. The van der Waals surface area contributed by atoms with Crippen LogP contribution in [-0.2, 0) is 11.3 Å². The van der Waals surface area contributed by atoms with Crippen molar-refractivity contribution >= 4 is 0 Å². The van der Waals surface area contributed by atoms with Crippen LogP contribution in [-0.4, -0.2) is 32.5 Å². The van der Waals surface area contributed by atoms with Gasteiger partial charge in [0.25, 0.3) is 5.56 Å². The van der Waals surface area contributed by atoms with Crippen LogP contribution in [0, 0.1) is 18.3 Å². The zero-order valence-corrected chi connectivity index (χ0v) is 16.8. The average Bonchev–Trinajstić information content (AvgIpc) is 2.72. The Labute approximate surface area is 168 Å². The van der Waals surface area contributed by atoms with Crippen LogP contribution < -0.4 is 25.5 Å². The SMILES string of the molecule is COCCn1c(C)cc2c(c1=O)[C@@H](c1ccc(OC)c(OC)c1)C(C#N)=C(N)O2. The number of nitriles is 1. The van der Waals surface area contributed by atoms with Crippen molar-refractivity contribution in [1.29, 1.82) is 5.26 Å². The minimum atomic E-state index is -0.689. The van der Waals surface area contributed by atoms with Crippen LogP contribution in [0.15, 0.2) is 40.5 Å². The summed E-state index contributed by atoms with van der Waals surface area (Å²) < 4.78 is 23.1. The first-order chi connectivity index (χ1) is 14.0. The summed E-state index contributed by atoms with van der Waals surface area (Å²) in [4.78, 5) is 13.4. The maximum atomic E-state index is 13.4. The molecule has 1 aromatic carbocycles. The molecule has 1 aromatic heterocycles. The molecule has 152 valence electrons. The van der Waals surface area contributed by atoms with E-state index in [4.69, 9.17) is 24.7 Å². The van der Waals surface area contributed by atoms with Gasteiger partial charge < -0.3 is 29.2 Å². The number of rotatable bonds is 6. The molecule has 1 aliphatic heterocycles. The highest BCUT2D eigenvalue weighted by Crippen LogP contribution is 2.42. The highest BCUT2D eigenvalue weighted by molar-refractivity contribution is 5.57. The molecule has 0 amide bonds. The number of pyridine rings is 1. The Kier molecular flexibility index (Phi) is 5.80. The number of ether oxygens (including phenoxy) is 4. The molecule has 1 atom stereocenters. The van der Waals surface area contributed by atoms with Crippen molar-refractivity contribution < 1.29 is 18.9 Å². The molecule has 3 rings (SSSR count). The van der Waals surface area contributed by atoms with Gasteiger partial charge in [0.1, 0.15) is 17.4 Å². The van der Waals surface area contributed by atoms with E-state index < -0.39 is 5.92 Å². The second-order valence-electron chi connectivity index (χ2n) is 6.55. The van der Waals surface area contributed by atoms with E-state index in [1.165, 1.54) is 14.2 Å². The fourth-order valence-electron chi connectivity index (χ4n) is 3.51. The molecule has 0 saturated carbocycles. The topological polar surface area (TPSA) is 109 Å². The van der Waals surface area contributed by atoms with Gasteiger partial charge in [-0.1, -0.05) is 6.07 Å². The van der Waals surface area contributed by atoms with Gasteiger partial charge in [-0.05, 0) is 24.6 Å². The average molecular weight is 397 g/mol. The minimum absolute atomic E-state index is 0.0202. The molecule has 0 spiro atoms. The van der Waals surface area contributed by atoms with Gasteiger partial charge >= 0.3 is 0 Å². The van der Waals surface area contributed by atoms with Crippen LogP contribution in [0.3, 0.4) is 0 Å². The van der Waals surface area contributed by atoms with Gasteiger partial charge in [-0.3, -0.25) is 4.79 Å². The number of aromatic nitrogens is 1. The first-order valence-corrected chi connectivity index (χ1v) is 8.99. The standard InChI is InChI=1S/C21H23N3O5/c1-12-9-17-19(21(25)24(12)7-8-26-2)18(14(11-22)20(23)29-17)13-5-6-15(27-3)16(10-13)28-4/h5-6,9-10,18H,7-8,23H2,1-4H3/t18-/m0/s1. The Bertz CT molecular complexity index is 1070. The molecule has 0 unspecified atom stereocenters. The van der Waals surface area contributed by atoms with E-state index in [0.717, 1.165) is 0 Å². The minimum Gasteiger partial charge on any atom is -0.493 e. The number of allylic oxidation sites excluding steroid dienone is 1. The lowest BCUT2D eigenvalue weighted by atomic mass is 9.84. The number of hydrogen-bond donors (Lipinski definition) is 1. The lowest BCUT2D eigenvalue weighted by molar-refractivity contribution is 0.185. The Morgan fingerprint density at radius 1 is 1.21 bits per heavy atom. The molecular weight excluding hydrogens is 374 g/mol. The number of aryl methyl sites for hydroxylation is 1. The van der Waals surface area contributed by atoms with Crippen LogP contribution in [0.1, 0.15) is 22.7 Å². The van der Waals surface area contributed by atoms with Crippen LogP contribution in [0.25, 0.3) is 0 Å². The van der Waals surface area contributed by atoms with Crippen LogP contribution in [0.5, 0.6) is 17.2 Å². The summed E-state index contributed by atoms with van der Waals surface area (Å²) in [5.41, 5.74) is 7.68. The van der Waals surface area contributed by atoms with Crippen molar-refractivity contribution in [2.75, 3.05) is 27.9 Å². The van der Waals surface area contributed by atoms with Crippen LogP contribution in [0.4, 0.5) is 0 Å². The van der Waals surface area contributed by atoms with Crippen molar-refractivity contribution in [3.63, 3.8) is 0 Å². The van der Waals surface area contributed by atoms with Crippen molar-refractivity contribution in [1.82, 2.24) is 4.57 Å². The number of fused-ring (bicyclic) bond motifs is 1. The smallest absolute Gasteiger partial charge is 0.258 e. The number of methoxy groups -OCH3 is 3. The zero-order chi connectivity index (χ0) is 21.1. The van der Waals surface area contributed by atoms with Crippen LogP contribution in [0.2, 0.25) is 0 Å². The number of benzene rings is 1. The Hall–Kier alpha value is -3.44. The van der Waals surface area contributed by atoms with E-state index in [1.807, 2.05) is 6.92 Å². The van der Waals surface area contributed by atoms with E-state index in [2.05, 4.69) is 6.07 Å². The second-order valence-corrected chi connectivity index (χ2v) is 6.55. The van der Waals surface area contributed by atoms with E-state index in [1.54, 1.807) is 35.9 Å². The summed E-state index contributed by atoms with van der Waals surface area (Å²) in [5.74, 6) is 0.664. The highest BCUT2D eigenvalue weighted by Gasteiger charge is 2.34. The summed E-state index contributed by atoms with van der Waals surface area (Å²) in [6.07, 6.45) is 0. The van der Waals surface area contributed by atoms with E-state index in [0.29, 0.717) is 47.2 Å². The van der Waals surface area contributed by atoms with Gasteiger partial charge in [0.15, 0.2) is 11.5 Å². The molecule has 29 heavy (non-hydrogen) atoms. The lowest BCUT2D eigenvalue weighted by Crippen LogP contribution is -2.33. The molecule has 0 radical (unpaired) electrons. The summed E-state index contributed by atoms with van der Waals surface area (Å²) in [7, 11) is 4.64. The Balaban J connectivity index is 2.27. The normalized spacial score (nSPS) is 15.3. The summed E-state index contributed by atoms with van der Waals surface area (Å²) in [6, 6.07) is 9.10. The Morgan fingerprint density at radius 2 is 1.93 bits per heavy atom. The van der Waals surface area contributed by atoms with E-state index in [-0.39, 0.29) is 17.0 Å². The highest BCUT2D eigenvalue weighted by atomic mass is 16.5. The maximum absolute atomic E-state index is 13.4. The van der Waals surface area contributed by atoms with Gasteiger partial charge in [-0.15, -0.1) is 0 Å². The van der Waals surface area contributed by atoms with Gasteiger partial charge in [-0.25, -0.2) is 0 Å². The number of hydrogen-bond acceptors (Lipinski definition) is 7. The second kappa shape index (κ2) is 8.29. The van der Waals surface area contributed by atoms with E-state index in [9.17, 15) is 10.1 Å². The molecule has 1 aliphatic rings. The largest absolute Gasteiger partial charge is 0.493 e. The van der Waals surface area contributed by atoms with Crippen molar-refractivity contribution in [2.45, 2.75) is 19.4 Å². The van der Waals surface area contributed by atoms with Gasteiger partial charge in [-0.2, -0.15) is 5.26 Å². The monoisotopic (exact) mass is 397 g/mol. The van der Waals surface area contributed by atoms with E-state index >= 15 is 0 Å². The van der Waals surface area contributed by atoms with Gasteiger partial charge in [0.05, 0.1) is 32.3 Å². The molecule has 0 fully saturated rings. The molecule has 0 aliphatic carbocycles. The zero-order valence-electron chi connectivity index (χ0n) is 16.8. The molecule has 8 nitrogen and oxygen atoms in total. The van der Waals surface area contributed by atoms with Crippen molar-refractivity contribution in [2.24, 2.45) is 5.73 Å². The summed E-state index contributed by atoms with van der Waals surface area (Å²) in [6.45, 7) is 2.57. The third-order valence-corrected chi connectivity index (χ3v) is 4.95. The fourth-order valence-corrected chi connectivity index (χ4v) is 3.51. The number of nitrogens with two attached hydrogens (primary N) is 1. The molecule has 2 aromatic rings. The predicted octanol–water partition coefficient (Wildman–Crippen LogP) is 2.04. The fraction of sp³-hybridized carbons (Fsp3) is 0.333. The Morgan fingerprint density at radius 3 is 2.55 bits per heavy atom. The van der Waals surface area contributed by atoms with Crippen molar-refractivity contribution in [3.8, 4) is 23.3 Å². The number of nitrogens with zero attached hydrogens (tertiary/aromatic N) is 2. The molecule has 2 heterocycles. The van der Waals surface area contributed by atoms with Gasteiger partial charge in [0.2, 0.25) is 5.88 Å². The summed E-state index contributed by atoms with van der Waals surface area (Å²) >= 11 is 0. The van der Waals surface area contributed by atoms with Crippen molar-refractivity contribution in [3.05, 3.63) is 62.9 Å². The third kappa shape index (κ3) is 3.52. The lowest BCUT2D eigenvalue weighted by Gasteiger charge is -2.27. The maximum Gasteiger partial charge on any atom is 0.258 e. The molecular formula is C21H23N3O5. The van der Waals surface area contributed by atoms with Crippen LogP contribution >= 0.6 is 0 Å². The first kappa shape index (κ1) is 20.3. The predicted molar refractivity (Wildman–Crippen MR) is 106 cm³/mol. The quantitative estimate of drug-likeness (QED) is 0.794. The first-order valence-electron chi connectivity index (χ1n) is 8.99.